The summed E-state index contributed by atoms with van der Waals surface area (Å²) < 4.78 is 2.69. The van der Waals surface area contributed by atoms with Crippen LogP contribution >= 0.6 is 15.9 Å². The van der Waals surface area contributed by atoms with Crippen molar-refractivity contribution in [1.29, 1.82) is 0 Å². The molecule has 0 saturated heterocycles. The molecule has 0 amide bonds. The van der Waals surface area contributed by atoms with Crippen LogP contribution in [0.4, 0.5) is 0 Å². The zero-order valence-electron chi connectivity index (χ0n) is 5.10. The summed E-state index contributed by atoms with van der Waals surface area (Å²) in [4.78, 5) is 2.29. The van der Waals surface area contributed by atoms with Crippen molar-refractivity contribution >= 4 is 40.5 Å². The summed E-state index contributed by atoms with van der Waals surface area (Å²) in [6.07, 6.45) is 0. The Hall–Kier alpha value is 0.490. The summed E-state index contributed by atoms with van der Waals surface area (Å²) in [6.45, 7) is 0. The fourth-order valence-electron chi connectivity index (χ4n) is 0.571. The molecular weight excluding hydrogens is 292 g/mol. The SMILES string of the molecule is C[Te]c1ccc(Br)cc1. The van der Waals surface area contributed by atoms with E-state index in [1.165, 1.54) is 8.08 Å². The summed E-state index contributed by atoms with van der Waals surface area (Å²) in [5.74, 6) is 0. The predicted molar refractivity (Wildman–Crippen MR) is 45.4 cm³/mol. The van der Waals surface area contributed by atoms with Crippen LogP contribution in [0.1, 0.15) is 0 Å². The van der Waals surface area contributed by atoms with Gasteiger partial charge in [0, 0.05) is 0 Å². The van der Waals surface area contributed by atoms with E-state index in [1.54, 1.807) is 0 Å². The molecule has 48 valence electrons. The molecule has 0 saturated carbocycles. The molecule has 0 radical (unpaired) electrons. The Morgan fingerprint density at radius 2 is 1.78 bits per heavy atom. The molecule has 0 aliphatic carbocycles. The molecule has 0 heterocycles. The van der Waals surface area contributed by atoms with Crippen molar-refractivity contribution in [3.05, 3.63) is 28.7 Å². The minimum atomic E-state index is 0.123. The van der Waals surface area contributed by atoms with Gasteiger partial charge in [0.2, 0.25) is 0 Å². The molecule has 0 fully saturated rings. The van der Waals surface area contributed by atoms with Gasteiger partial charge in [-0.25, -0.2) is 0 Å². The quantitative estimate of drug-likeness (QED) is 0.694. The number of hydrogen-bond donors (Lipinski definition) is 0. The first-order chi connectivity index (χ1) is 4.33. The van der Waals surface area contributed by atoms with Gasteiger partial charge in [0.15, 0.2) is 0 Å². The molecule has 0 spiro atoms. The van der Waals surface area contributed by atoms with E-state index < -0.39 is 0 Å². The van der Waals surface area contributed by atoms with Crippen molar-refractivity contribution in [2.24, 2.45) is 0 Å². The van der Waals surface area contributed by atoms with Crippen LogP contribution in [0.3, 0.4) is 0 Å². The van der Waals surface area contributed by atoms with Gasteiger partial charge in [-0.2, -0.15) is 0 Å². The Labute approximate surface area is 73.9 Å². The van der Waals surface area contributed by atoms with Gasteiger partial charge in [0.25, 0.3) is 0 Å². The summed E-state index contributed by atoms with van der Waals surface area (Å²) in [7, 11) is 0. The van der Waals surface area contributed by atoms with Crippen LogP contribution in [0.15, 0.2) is 28.7 Å². The van der Waals surface area contributed by atoms with Crippen LogP contribution in [-0.2, 0) is 0 Å². The van der Waals surface area contributed by atoms with Gasteiger partial charge < -0.3 is 0 Å². The van der Waals surface area contributed by atoms with Crippen molar-refractivity contribution in [3.63, 3.8) is 0 Å². The van der Waals surface area contributed by atoms with Crippen molar-refractivity contribution in [1.82, 2.24) is 0 Å². The van der Waals surface area contributed by atoms with E-state index in [0.29, 0.717) is 0 Å². The molecule has 2 heteroatoms. The first kappa shape index (κ1) is 7.59. The first-order valence-electron chi connectivity index (χ1n) is 2.62. The van der Waals surface area contributed by atoms with Crippen LogP contribution in [0.25, 0.3) is 0 Å². The number of halogens is 1. The molecule has 0 nitrogen and oxygen atoms in total. The summed E-state index contributed by atoms with van der Waals surface area (Å²) in [6, 6.07) is 8.58. The molecule has 0 N–H and O–H groups in total. The van der Waals surface area contributed by atoms with Crippen LogP contribution in [-0.4, -0.2) is 20.9 Å². The van der Waals surface area contributed by atoms with Crippen LogP contribution in [0.5, 0.6) is 0 Å². The van der Waals surface area contributed by atoms with E-state index in [4.69, 9.17) is 0 Å². The van der Waals surface area contributed by atoms with Gasteiger partial charge in [-0.1, -0.05) is 0 Å². The van der Waals surface area contributed by atoms with E-state index in [9.17, 15) is 0 Å². The standard InChI is InChI=1S/C7H7BrTe/c1-9-7-4-2-6(8)3-5-7/h2-5H,1H3. The fraction of sp³-hybridized carbons (Fsp3) is 0.143. The zero-order chi connectivity index (χ0) is 6.69. The topological polar surface area (TPSA) is 0 Å². The Bertz CT molecular complexity index is 181. The predicted octanol–water partition coefficient (Wildman–Crippen LogP) is 1.83. The fourth-order valence-corrected chi connectivity index (χ4v) is 2.00. The van der Waals surface area contributed by atoms with Crippen molar-refractivity contribution < 1.29 is 0 Å². The summed E-state index contributed by atoms with van der Waals surface area (Å²) in [5.41, 5.74) is 0. The molecule has 1 aromatic rings. The molecule has 0 aliphatic rings. The van der Waals surface area contributed by atoms with Crippen LogP contribution in [0.2, 0.25) is 4.97 Å². The van der Waals surface area contributed by atoms with Crippen molar-refractivity contribution in [2.45, 2.75) is 4.97 Å². The van der Waals surface area contributed by atoms with Gasteiger partial charge in [0.05, 0.1) is 0 Å². The number of hydrogen-bond acceptors (Lipinski definition) is 0. The van der Waals surface area contributed by atoms with Crippen molar-refractivity contribution in [3.8, 4) is 0 Å². The van der Waals surface area contributed by atoms with Gasteiger partial charge >= 0.3 is 74.2 Å². The van der Waals surface area contributed by atoms with E-state index >= 15 is 0 Å². The normalized spacial score (nSPS) is 9.56. The van der Waals surface area contributed by atoms with E-state index in [0.717, 1.165) is 0 Å². The van der Waals surface area contributed by atoms with Gasteiger partial charge in [-0.3, -0.25) is 0 Å². The number of benzene rings is 1. The molecule has 0 bridgehead atoms. The molecule has 1 rings (SSSR count). The second-order valence-electron chi connectivity index (χ2n) is 1.66. The Kier molecular flexibility index (Phi) is 3.04. The Morgan fingerprint density at radius 3 is 2.22 bits per heavy atom. The Balaban J connectivity index is 2.88. The minimum absolute atomic E-state index is 0.123. The molecular formula is C7H7BrTe. The molecule has 9 heavy (non-hydrogen) atoms. The second-order valence-corrected chi connectivity index (χ2v) is 5.08. The van der Waals surface area contributed by atoms with E-state index in [2.05, 4.69) is 45.2 Å². The van der Waals surface area contributed by atoms with E-state index in [1.807, 2.05) is 0 Å². The third-order valence-corrected chi connectivity index (χ3v) is 3.70. The van der Waals surface area contributed by atoms with Gasteiger partial charge in [-0.05, 0) is 0 Å². The zero-order valence-corrected chi connectivity index (χ0v) is 9.01. The maximum absolute atomic E-state index is 3.39. The average molecular weight is 299 g/mol. The summed E-state index contributed by atoms with van der Waals surface area (Å²) >= 11 is 3.51. The molecule has 0 atom stereocenters. The monoisotopic (exact) mass is 300 g/mol. The molecule has 0 aromatic heterocycles. The maximum atomic E-state index is 3.39. The summed E-state index contributed by atoms with van der Waals surface area (Å²) in [5, 5.41) is 0. The van der Waals surface area contributed by atoms with Crippen molar-refractivity contribution in [2.75, 3.05) is 0 Å². The number of rotatable bonds is 1. The van der Waals surface area contributed by atoms with Crippen LogP contribution < -0.4 is 3.61 Å². The Morgan fingerprint density at radius 1 is 1.22 bits per heavy atom. The average Bonchev–Trinajstić information content (AvgIpc) is 1.90. The second kappa shape index (κ2) is 3.61. The third kappa shape index (κ3) is 2.29. The van der Waals surface area contributed by atoms with Crippen LogP contribution in [0, 0.1) is 0 Å². The first-order valence-corrected chi connectivity index (χ1v) is 6.91. The molecule has 0 aliphatic heterocycles. The molecule has 0 unspecified atom stereocenters. The molecule has 1 aromatic carbocycles. The van der Waals surface area contributed by atoms with Gasteiger partial charge in [0.1, 0.15) is 0 Å². The third-order valence-electron chi connectivity index (χ3n) is 1.05. The van der Waals surface area contributed by atoms with E-state index in [-0.39, 0.29) is 20.9 Å². The van der Waals surface area contributed by atoms with Gasteiger partial charge in [-0.15, -0.1) is 0 Å².